The second-order valence-corrected chi connectivity index (χ2v) is 6.41. The Morgan fingerprint density at radius 2 is 2.00 bits per heavy atom. The zero-order valence-corrected chi connectivity index (χ0v) is 11.6. The summed E-state index contributed by atoms with van der Waals surface area (Å²) < 4.78 is 5.83. The molecular weight excluding hydrogens is 222 g/mol. The first-order valence-electron chi connectivity index (χ1n) is 6.99. The third-order valence-electron chi connectivity index (χ3n) is 4.75. The van der Waals surface area contributed by atoms with Crippen molar-refractivity contribution in [2.45, 2.75) is 45.9 Å². The van der Waals surface area contributed by atoms with Crippen LogP contribution in [0.3, 0.4) is 0 Å². The first-order chi connectivity index (χ1) is 8.59. The molecule has 1 saturated carbocycles. The largest absolute Gasteiger partial charge is 0.377 e. The van der Waals surface area contributed by atoms with Gasteiger partial charge in [0.25, 0.3) is 0 Å². The lowest BCUT2D eigenvalue weighted by molar-refractivity contribution is -0.113. The quantitative estimate of drug-likeness (QED) is 0.884. The van der Waals surface area contributed by atoms with Crippen molar-refractivity contribution in [2.24, 2.45) is 11.3 Å². The van der Waals surface area contributed by atoms with Gasteiger partial charge in [0.1, 0.15) is 0 Å². The second-order valence-electron chi connectivity index (χ2n) is 6.41. The minimum Gasteiger partial charge on any atom is -0.377 e. The monoisotopic (exact) mass is 245 g/mol. The van der Waals surface area contributed by atoms with Gasteiger partial charge in [0.05, 0.1) is 6.10 Å². The lowest BCUT2D eigenvalue weighted by Gasteiger charge is -2.55. The molecule has 3 rings (SSSR count). The molecular formula is C16H23NO. The number of ether oxygens (including phenoxy) is 1. The molecule has 1 heterocycles. The van der Waals surface area contributed by atoms with Gasteiger partial charge in [-0.05, 0) is 18.9 Å². The van der Waals surface area contributed by atoms with Crippen molar-refractivity contribution in [3.8, 4) is 0 Å². The number of aryl methyl sites for hydroxylation is 1. The standard InChI is InChI=1S/C16H23NO/c1-11-4-6-12(7-5-11)10-17-14-13-8-9-18-15(13)16(14,2)3/h4-7,13-15,17H,8-10H2,1-3H3. The first kappa shape index (κ1) is 12.2. The van der Waals surface area contributed by atoms with Crippen molar-refractivity contribution in [1.29, 1.82) is 0 Å². The maximum Gasteiger partial charge on any atom is 0.0685 e. The third kappa shape index (κ3) is 1.88. The van der Waals surface area contributed by atoms with E-state index in [1.165, 1.54) is 17.5 Å². The third-order valence-corrected chi connectivity index (χ3v) is 4.75. The Balaban J connectivity index is 1.62. The molecule has 1 aliphatic carbocycles. The molecule has 3 atom stereocenters. The molecule has 2 heteroatoms. The van der Waals surface area contributed by atoms with Crippen molar-refractivity contribution in [1.82, 2.24) is 5.32 Å². The van der Waals surface area contributed by atoms with Gasteiger partial charge in [0, 0.05) is 30.5 Å². The average Bonchev–Trinajstić information content (AvgIpc) is 2.78. The van der Waals surface area contributed by atoms with Gasteiger partial charge < -0.3 is 10.1 Å². The zero-order valence-electron chi connectivity index (χ0n) is 11.6. The van der Waals surface area contributed by atoms with Crippen LogP contribution in [-0.4, -0.2) is 18.8 Å². The molecule has 0 aromatic heterocycles. The number of benzene rings is 1. The predicted octanol–water partition coefficient (Wildman–Crippen LogP) is 2.90. The van der Waals surface area contributed by atoms with Crippen molar-refractivity contribution in [2.75, 3.05) is 6.61 Å². The van der Waals surface area contributed by atoms with Crippen LogP contribution in [-0.2, 0) is 11.3 Å². The number of hydrogen-bond donors (Lipinski definition) is 1. The normalized spacial score (nSPS) is 32.9. The summed E-state index contributed by atoms with van der Waals surface area (Å²) in [7, 11) is 0. The fourth-order valence-electron chi connectivity index (χ4n) is 3.67. The van der Waals surface area contributed by atoms with Gasteiger partial charge in [-0.3, -0.25) is 0 Å². The van der Waals surface area contributed by atoms with E-state index < -0.39 is 0 Å². The van der Waals surface area contributed by atoms with E-state index in [1.54, 1.807) is 0 Å². The van der Waals surface area contributed by atoms with Crippen molar-refractivity contribution in [3.05, 3.63) is 35.4 Å². The SMILES string of the molecule is Cc1ccc(CNC2C3CCOC3C2(C)C)cc1. The number of hydrogen-bond acceptors (Lipinski definition) is 2. The Kier molecular flexibility index (Phi) is 2.95. The van der Waals surface area contributed by atoms with Crippen LogP contribution in [0.5, 0.6) is 0 Å². The van der Waals surface area contributed by atoms with Crippen molar-refractivity contribution < 1.29 is 4.74 Å². The summed E-state index contributed by atoms with van der Waals surface area (Å²) >= 11 is 0. The van der Waals surface area contributed by atoms with E-state index in [4.69, 9.17) is 4.74 Å². The zero-order chi connectivity index (χ0) is 12.8. The smallest absolute Gasteiger partial charge is 0.0685 e. The first-order valence-corrected chi connectivity index (χ1v) is 6.99. The Hall–Kier alpha value is -0.860. The lowest BCUT2D eigenvalue weighted by Crippen LogP contribution is -2.65. The highest BCUT2D eigenvalue weighted by Crippen LogP contribution is 2.52. The molecule has 3 unspecified atom stereocenters. The summed E-state index contributed by atoms with van der Waals surface area (Å²) in [5.41, 5.74) is 2.98. The molecule has 0 amide bonds. The van der Waals surface area contributed by atoms with Gasteiger partial charge in [-0.2, -0.15) is 0 Å². The Bertz CT molecular complexity index is 423. The summed E-state index contributed by atoms with van der Waals surface area (Å²) in [5.74, 6) is 0.727. The highest BCUT2D eigenvalue weighted by atomic mass is 16.5. The van der Waals surface area contributed by atoms with Crippen LogP contribution in [0.1, 0.15) is 31.4 Å². The van der Waals surface area contributed by atoms with Crippen LogP contribution in [0.2, 0.25) is 0 Å². The minimum atomic E-state index is 0.284. The summed E-state index contributed by atoms with van der Waals surface area (Å²) in [6.07, 6.45) is 1.70. The van der Waals surface area contributed by atoms with Crippen LogP contribution >= 0.6 is 0 Å². The van der Waals surface area contributed by atoms with Gasteiger partial charge in [-0.15, -0.1) is 0 Å². The van der Waals surface area contributed by atoms with Gasteiger partial charge in [0.2, 0.25) is 0 Å². The number of rotatable bonds is 3. The summed E-state index contributed by atoms with van der Waals surface area (Å²) in [5, 5.41) is 3.74. The number of nitrogens with one attached hydrogen (secondary N) is 1. The highest BCUT2D eigenvalue weighted by molar-refractivity contribution is 5.22. The van der Waals surface area contributed by atoms with E-state index in [2.05, 4.69) is 50.4 Å². The van der Waals surface area contributed by atoms with E-state index in [9.17, 15) is 0 Å². The molecule has 0 radical (unpaired) electrons. The summed E-state index contributed by atoms with van der Waals surface area (Å²) in [6.45, 7) is 8.70. The lowest BCUT2D eigenvalue weighted by atomic mass is 9.57. The molecule has 1 aromatic rings. The van der Waals surface area contributed by atoms with E-state index in [0.29, 0.717) is 12.1 Å². The van der Waals surface area contributed by atoms with Crippen molar-refractivity contribution in [3.63, 3.8) is 0 Å². The molecule has 1 aromatic carbocycles. The Morgan fingerprint density at radius 3 is 2.72 bits per heavy atom. The summed E-state index contributed by atoms with van der Waals surface area (Å²) in [4.78, 5) is 0. The van der Waals surface area contributed by atoms with Crippen LogP contribution < -0.4 is 5.32 Å². The fourth-order valence-corrected chi connectivity index (χ4v) is 3.67. The topological polar surface area (TPSA) is 21.3 Å². The number of fused-ring (bicyclic) bond motifs is 1. The maximum absolute atomic E-state index is 5.83. The molecule has 0 spiro atoms. The molecule has 0 bridgehead atoms. The van der Waals surface area contributed by atoms with E-state index in [0.717, 1.165) is 19.1 Å². The molecule has 2 nitrogen and oxygen atoms in total. The minimum absolute atomic E-state index is 0.284. The maximum atomic E-state index is 5.83. The van der Waals surface area contributed by atoms with Crippen LogP contribution in [0, 0.1) is 18.3 Å². The van der Waals surface area contributed by atoms with Gasteiger partial charge in [0.15, 0.2) is 0 Å². The van der Waals surface area contributed by atoms with Crippen LogP contribution in [0.4, 0.5) is 0 Å². The fraction of sp³-hybridized carbons (Fsp3) is 0.625. The van der Waals surface area contributed by atoms with Crippen LogP contribution in [0.15, 0.2) is 24.3 Å². The average molecular weight is 245 g/mol. The molecule has 98 valence electrons. The second kappa shape index (κ2) is 4.36. The van der Waals surface area contributed by atoms with Gasteiger partial charge >= 0.3 is 0 Å². The Morgan fingerprint density at radius 1 is 1.28 bits per heavy atom. The Labute approximate surface area is 110 Å². The molecule has 2 aliphatic rings. The molecule has 18 heavy (non-hydrogen) atoms. The van der Waals surface area contributed by atoms with Gasteiger partial charge in [-0.1, -0.05) is 43.7 Å². The van der Waals surface area contributed by atoms with Crippen molar-refractivity contribution >= 4 is 0 Å². The summed E-state index contributed by atoms with van der Waals surface area (Å²) in [6, 6.07) is 9.41. The molecule has 1 aliphatic heterocycles. The van der Waals surface area contributed by atoms with E-state index >= 15 is 0 Å². The molecule has 1 saturated heterocycles. The predicted molar refractivity (Wildman–Crippen MR) is 73.4 cm³/mol. The van der Waals surface area contributed by atoms with Gasteiger partial charge in [-0.25, -0.2) is 0 Å². The molecule has 1 N–H and O–H groups in total. The van der Waals surface area contributed by atoms with Crippen LogP contribution in [0.25, 0.3) is 0 Å². The van der Waals surface area contributed by atoms with E-state index in [-0.39, 0.29) is 5.41 Å². The van der Waals surface area contributed by atoms with E-state index in [1.807, 2.05) is 0 Å². The molecule has 2 fully saturated rings. The highest BCUT2D eigenvalue weighted by Gasteiger charge is 2.58.